The summed E-state index contributed by atoms with van der Waals surface area (Å²) >= 11 is 0. The number of rotatable bonds is 6. The van der Waals surface area contributed by atoms with Gasteiger partial charge in [-0.15, -0.1) is 6.58 Å². The van der Waals surface area contributed by atoms with Crippen molar-refractivity contribution in [1.29, 1.82) is 0 Å². The summed E-state index contributed by atoms with van der Waals surface area (Å²) in [5.41, 5.74) is 1.01. The normalized spacial score (nSPS) is 11.9. The summed E-state index contributed by atoms with van der Waals surface area (Å²) < 4.78 is 10.6. The average Bonchev–Trinajstić information content (AvgIpc) is 2.27. The van der Waals surface area contributed by atoms with Gasteiger partial charge in [-0.05, 0) is 31.5 Å². The van der Waals surface area contributed by atoms with Gasteiger partial charge in [0.2, 0.25) is 0 Å². The molecule has 0 heterocycles. The van der Waals surface area contributed by atoms with Crippen molar-refractivity contribution < 1.29 is 14.6 Å². The third-order valence-corrected chi connectivity index (χ3v) is 2.11. The van der Waals surface area contributed by atoms with Crippen molar-refractivity contribution in [1.82, 2.24) is 0 Å². The van der Waals surface area contributed by atoms with Crippen molar-refractivity contribution >= 4 is 0 Å². The molecule has 0 radical (unpaired) electrons. The second-order valence-electron chi connectivity index (χ2n) is 3.63. The van der Waals surface area contributed by atoms with Crippen LogP contribution in [0.4, 0.5) is 0 Å². The first-order valence-corrected chi connectivity index (χ1v) is 5.26. The predicted molar refractivity (Wildman–Crippen MR) is 64.1 cm³/mol. The van der Waals surface area contributed by atoms with Crippen molar-refractivity contribution in [2.45, 2.75) is 19.4 Å². The minimum atomic E-state index is -0.473. The number of ether oxygens (including phenoxy) is 2. The smallest absolute Gasteiger partial charge is 0.123 e. The van der Waals surface area contributed by atoms with Gasteiger partial charge >= 0.3 is 0 Å². The standard InChI is InChI=1S/C13H18O3/c1-4-5-11-8-12(15-3)6-7-13(11)16-9-10(2)14/h4,6-8,10,14H,1,5,9H2,2-3H3/t10-/m1/s1. The molecule has 16 heavy (non-hydrogen) atoms. The third kappa shape index (κ3) is 3.59. The number of methoxy groups -OCH3 is 1. The van der Waals surface area contributed by atoms with Gasteiger partial charge in [-0.3, -0.25) is 0 Å². The lowest BCUT2D eigenvalue weighted by Crippen LogP contribution is -2.13. The van der Waals surface area contributed by atoms with Gasteiger partial charge in [-0.25, -0.2) is 0 Å². The lowest BCUT2D eigenvalue weighted by molar-refractivity contribution is 0.122. The average molecular weight is 222 g/mol. The van der Waals surface area contributed by atoms with Crippen LogP contribution in [0.2, 0.25) is 0 Å². The van der Waals surface area contributed by atoms with Crippen LogP contribution >= 0.6 is 0 Å². The molecule has 0 saturated carbocycles. The van der Waals surface area contributed by atoms with Crippen LogP contribution in [0, 0.1) is 0 Å². The Labute approximate surface area is 96.3 Å². The summed E-state index contributed by atoms with van der Waals surface area (Å²) in [5, 5.41) is 9.17. The van der Waals surface area contributed by atoms with E-state index in [0.717, 1.165) is 17.1 Å². The molecule has 0 bridgehead atoms. The fraction of sp³-hybridized carbons (Fsp3) is 0.385. The maximum Gasteiger partial charge on any atom is 0.123 e. The zero-order valence-electron chi connectivity index (χ0n) is 9.77. The Balaban J connectivity index is 2.84. The summed E-state index contributed by atoms with van der Waals surface area (Å²) in [6, 6.07) is 5.60. The van der Waals surface area contributed by atoms with E-state index in [9.17, 15) is 0 Å². The highest BCUT2D eigenvalue weighted by atomic mass is 16.5. The Hall–Kier alpha value is -1.48. The van der Waals surface area contributed by atoms with Gasteiger partial charge in [0.05, 0.1) is 13.2 Å². The van der Waals surface area contributed by atoms with Crippen LogP contribution in [0.15, 0.2) is 30.9 Å². The van der Waals surface area contributed by atoms with E-state index in [1.807, 2.05) is 24.3 Å². The van der Waals surface area contributed by atoms with Gasteiger partial charge in [-0.1, -0.05) is 6.08 Å². The van der Waals surface area contributed by atoms with Gasteiger partial charge in [-0.2, -0.15) is 0 Å². The van der Waals surface area contributed by atoms with Gasteiger partial charge in [0.1, 0.15) is 18.1 Å². The van der Waals surface area contributed by atoms with Crippen LogP contribution in [0.25, 0.3) is 0 Å². The first kappa shape index (κ1) is 12.6. The fourth-order valence-corrected chi connectivity index (χ4v) is 1.35. The lowest BCUT2D eigenvalue weighted by Gasteiger charge is -2.13. The summed E-state index contributed by atoms with van der Waals surface area (Å²) in [6.45, 7) is 5.68. The maximum atomic E-state index is 9.17. The number of hydrogen-bond acceptors (Lipinski definition) is 3. The molecule has 0 saturated heterocycles. The molecule has 0 unspecified atom stereocenters. The van der Waals surface area contributed by atoms with Crippen LogP contribution in [0.5, 0.6) is 11.5 Å². The first-order chi connectivity index (χ1) is 7.67. The summed E-state index contributed by atoms with van der Waals surface area (Å²) in [6.07, 6.45) is 2.05. The van der Waals surface area contributed by atoms with Gasteiger partial charge in [0.25, 0.3) is 0 Å². The molecule has 3 nitrogen and oxygen atoms in total. The zero-order chi connectivity index (χ0) is 12.0. The van der Waals surface area contributed by atoms with Crippen LogP contribution in [0.3, 0.4) is 0 Å². The molecule has 1 atom stereocenters. The van der Waals surface area contributed by atoms with E-state index in [2.05, 4.69) is 6.58 Å². The number of benzene rings is 1. The molecule has 0 aliphatic rings. The summed E-state index contributed by atoms with van der Waals surface area (Å²) in [5.74, 6) is 1.56. The molecular formula is C13H18O3. The molecule has 0 aliphatic carbocycles. The summed E-state index contributed by atoms with van der Waals surface area (Å²) in [4.78, 5) is 0. The highest BCUT2D eigenvalue weighted by Crippen LogP contribution is 2.25. The monoisotopic (exact) mass is 222 g/mol. The molecule has 1 N–H and O–H groups in total. The minimum Gasteiger partial charge on any atom is -0.497 e. The molecular weight excluding hydrogens is 204 g/mol. The molecule has 1 aromatic rings. The van der Waals surface area contributed by atoms with Crippen molar-refractivity contribution in [3.05, 3.63) is 36.4 Å². The Morgan fingerprint density at radius 3 is 2.81 bits per heavy atom. The fourth-order valence-electron chi connectivity index (χ4n) is 1.35. The van der Waals surface area contributed by atoms with Gasteiger partial charge in [0.15, 0.2) is 0 Å². The molecule has 0 aromatic heterocycles. The van der Waals surface area contributed by atoms with Crippen LogP contribution in [-0.4, -0.2) is 24.9 Å². The molecule has 1 rings (SSSR count). The molecule has 1 aromatic carbocycles. The Morgan fingerprint density at radius 2 is 2.25 bits per heavy atom. The Bertz CT molecular complexity index is 345. The number of allylic oxidation sites excluding steroid dienone is 1. The highest BCUT2D eigenvalue weighted by molar-refractivity contribution is 5.41. The highest BCUT2D eigenvalue weighted by Gasteiger charge is 2.05. The first-order valence-electron chi connectivity index (χ1n) is 5.26. The molecule has 0 aliphatic heterocycles. The van der Waals surface area contributed by atoms with Crippen LogP contribution < -0.4 is 9.47 Å². The van der Waals surface area contributed by atoms with Crippen molar-refractivity contribution in [2.75, 3.05) is 13.7 Å². The van der Waals surface area contributed by atoms with Gasteiger partial charge < -0.3 is 14.6 Å². The second-order valence-corrected chi connectivity index (χ2v) is 3.63. The van der Waals surface area contributed by atoms with Crippen molar-refractivity contribution in [2.24, 2.45) is 0 Å². The third-order valence-electron chi connectivity index (χ3n) is 2.11. The molecule has 88 valence electrons. The van der Waals surface area contributed by atoms with E-state index < -0.39 is 6.10 Å². The van der Waals surface area contributed by atoms with Crippen molar-refractivity contribution in [3.63, 3.8) is 0 Å². The zero-order valence-corrected chi connectivity index (χ0v) is 9.77. The van der Waals surface area contributed by atoms with E-state index in [1.165, 1.54) is 0 Å². The topological polar surface area (TPSA) is 38.7 Å². The van der Waals surface area contributed by atoms with Crippen molar-refractivity contribution in [3.8, 4) is 11.5 Å². The van der Waals surface area contributed by atoms with Gasteiger partial charge in [0, 0.05) is 5.56 Å². The number of hydrogen-bond donors (Lipinski definition) is 1. The van der Waals surface area contributed by atoms with E-state index >= 15 is 0 Å². The van der Waals surface area contributed by atoms with E-state index in [1.54, 1.807) is 14.0 Å². The quantitative estimate of drug-likeness (QED) is 0.750. The Kier molecular flexibility index (Phi) is 4.86. The summed E-state index contributed by atoms with van der Waals surface area (Å²) in [7, 11) is 1.63. The minimum absolute atomic E-state index is 0.288. The van der Waals surface area contributed by atoms with Crippen LogP contribution in [0.1, 0.15) is 12.5 Å². The number of aliphatic hydroxyl groups excluding tert-OH is 1. The SMILES string of the molecule is C=CCc1cc(OC)ccc1OC[C@@H](C)O. The Morgan fingerprint density at radius 1 is 1.50 bits per heavy atom. The van der Waals surface area contributed by atoms with E-state index in [0.29, 0.717) is 6.42 Å². The maximum absolute atomic E-state index is 9.17. The predicted octanol–water partition coefficient (Wildman–Crippen LogP) is 2.18. The second kappa shape index (κ2) is 6.18. The van der Waals surface area contributed by atoms with Crippen LogP contribution in [-0.2, 0) is 6.42 Å². The molecule has 0 amide bonds. The number of aliphatic hydroxyl groups is 1. The lowest BCUT2D eigenvalue weighted by atomic mass is 10.1. The molecule has 0 spiro atoms. The van der Waals surface area contributed by atoms with E-state index in [4.69, 9.17) is 14.6 Å². The van der Waals surface area contributed by atoms with E-state index in [-0.39, 0.29) is 6.61 Å². The molecule has 0 fully saturated rings. The largest absolute Gasteiger partial charge is 0.497 e. The molecule has 3 heteroatoms.